The van der Waals surface area contributed by atoms with Crippen LogP contribution < -0.4 is 5.32 Å². The summed E-state index contributed by atoms with van der Waals surface area (Å²) in [4.78, 5) is 37.2. The van der Waals surface area contributed by atoms with E-state index in [-0.39, 0.29) is 17.8 Å². The van der Waals surface area contributed by atoms with Gasteiger partial charge in [0.1, 0.15) is 5.70 Å². The number of nitrogens with one attached hydrogen (secondary N) is 1. The molecule has 3 amide bonds. The summed E-state index contributed by atoms with van der Waals surface area (Å²) in [7, 11) is 0. The minimum atomic E-state index is -0.996. The normalized spacial score (nSPS) is 15.0. The molecule has 1 aliphatic heterocycles. The maximum absolute atomic E-state index is 12.7. The van der Waals surface area contributed by atoms with E-state index in [0.29, 0.717) is 5.69 Å². The van der Waals surface area contributed by atoms with Gasteiger partial charge in [0, 0.05) is 17.6 Å². The fraction of sp³-hybridized carbons (Fsp3) is 0.0455. The van der Waals surface area contributed by atoms with Crippen molar-refractivity contribution in [3.8, 4) is 5.69 Å². The Labute approximate surface area is 166 Å². The van der Waals surface area contributed by atoms with E-state index < -0.39 is 17.9 Å². The molecule has 3 aromatic rings. The number of carbonyl (C=O) groups excluding carboxylic acids is 2. The van der Waals surface area contributed by atoms with Crippen LogP contribution in [0.1, 0.15) is 21.6 Å². The van der Waals surface area contributed by atoms with Crippen molar-refractivity contribution >= 4 is 24.0 Å². The fourth-order valence-corrected chi connectivity index (χ4v) is 3.14. The molecule has 1 saturated heterocycles. The Kier molecular flexibility index (Phi) is 4.70. The molecule has 1 fully saturated rings. The van der Waals surface area contributed by atoms with Gasteiger partial charge in [-0.05, 0) is 48.0 Å². The first-order valence-electron chi connectivity index (χ1n) is 8.92. The number of urea groups is 1. The first-order chi connectivity index (χ1) is 14.0. The quantitative estimate of drug-likeness (QED) is 0.519. The number of carbonyl (C=O) groups is 3. The van der Waals surface area contributed by atoms with Crippen LogP contribution in [0.2, 0.25) is 0 Å². The van der Waals surface area contributed by atoms with Gasteiger partial charge < -0.3 is 15.0 Å². The second kappa shape index (κ2) is 7.47. The van der Waals surface area contributed by atoms with Gasteiger partial charge in [-0.2, -0.15) is 0 Å². The molecular weight excluding hydrogens is 370 g/mol. The molecule has 144 valence electrons. The minimum absolute atomic E-state index is 0.188. The van der Waals surface area contributed by atoms with Gasteiger partial charge in [0.05, 0.1) is 12.1 Å². The zero-order valence-corrected chi connectivity index (χ0v) is 15.3. The first-order valence-corrected chi connectivity index (χ1v) is 8.92. The Morgan fingerprint density at radius 2 is 1.69 bits per heavy atom. The molecule has 0 saturated carbocycles. The number of amides is 3. The predicted molar refractivity (Wildman–Crippen MR) is 106 cm³/mol. The summed E-state index contributed by atoms with van der Waals surface area (Å²) >= 11 is 0. The number of carboxylic acid groups (broad SMARTS) is 1. The van der Waals surface area contributed by atoms with Gasteiger partial charge >= 0.3 is 12.0 Å². The molecule has 2 aromatic carbocycles. The van der Waals surface area contributed by atoms with E-state index >= 15 is 0 Å². The molecule has 0 atom stereocenters. The smallest absolute Gasteiger partial charge is 0.335 e. The van der Waals surface area contributed by atoms with Crippen LogP contribution in [0, 0.1) is 0 Å². The van der Waals surface area contributed by atoms with Gasteiger partial charge in [0.15, 0.2) is 0 Å². The zero-order chi connectivity index (χ0) is 20.4. The number of hydrogen-bond donors (Lipinski definition) is 2. The lowest BCUT2D eigenvalue weighted by atomic mass is 10.2. The molecule has 2 heterocycles. The Morgan fingerprint density at radius 1 is 0.966 bits per heavy atom. The highest BCUT2D eigenvalue weighted by Gasteiger charge is 2.33. The predicted octanol–water partition coefficient (Wildman–Crippen LogP) is 3.27. The third kappa shape index (κ3) is 3.66. The van der Waals surface area contributed by atoms with E-state index in [1.54, 1.807) is 41.1 Å². The summed E-state index contributed by atoms with van der Waals surface area (Å²) in [6, 6.07) is 18.8. The monoisotopic (exact) mass is 387 g/mol. The highest BCUT2D eigenvalue weighted by molar-refractivity contribution is 6.13. The van der Waals surface area contributed by atoms with Gasteiger partial charge in [0.25, 0.3) is 5.91 Å². The maximum Gasteiger partial charge on any atom is 0.335 e. The minimum Gasteiger partial charge on any atom is -0.478 e. The topological polar surface area (TPSA) is 91.6 Å². The van der Waals surface area contributed by atoms with Crippen LogP contribution >= 0.6 is 0 Å². The van der Waals surface area contributed by atoms with Gasteiger partial charge in [-0.15, -0.1) is 0 Å². The van der Waals surface area contributed by atoms with Crippen LogP contribution in [0.4, 0.5) is 4.79 Å². The zero-order valence-electron chi connectivity index (χ0n) is 15.3. The number of imide groups is 1. The van der Waals surface area contributed by atoms with Crippen molar-refractivity contribution in [3.63, 3.8) is 0 Å². The number of carboxylic acids is 1. The Bertz CT molecular complexity index is 1110. The van der Waals surface area contributed by atoms with Crippen molar-refractivity contribution in [2.45, 2.75) is 6.54 Å². The van der Waals surface area contributed by atoms with Gasteiger partial charge in [-0.25, -0.2) is 9.59 Å². The molecule has 0 spiro atoms. The third-order valence-corrected chi connectivity index (χ3v) is 4.61. The third-order valence-electron chi connectivity index (χ3n) is 4.61. The van der Waals surface area contributed by atoms with E-state index in [9.17, 15) is 14.4 Å². The summed E-state index contributed by atoms with van der Waals surface area (Å²) in [6.07, 6.45) is 3.40. The van der Waals surface area contributed by atoms with Crippen molar-refractivity contribution in [2.75, 3.05) is 0 Å². The summed E-state index contributed by atoms with van der Waals surface area (Å²) in [6.45, 7) is 0.195. The molecule has 0 bridgehead atoms. The highest BCUT2D eigenvalue weighted by atomic mass is 16.4. The summed E-state index contributed by atoms with van der Waals surface area (Å²) in [5.74, 6) is -1.39. The van der Waals surface area contributed by atoms with Crippen molar-refractivity contribution in [3.05, 3.63) is 95.4 Å². The van der Waals surface area contributed by atoms with Crippen molar-refractivity contribution in [2.24, 2.45) is 0 Å². The molecule has 4 rings (SSSR count). The lowest BCUT2D eigenvalue weighted by molar-refractivity contribution is -0.123. The molecule has 0 unspecified atom stereocenters. The second-order valence-corrected chi connectivity index (χ2v) is 6.52. The molecule has 2 N–H and O–H groups in total. The molecule has 0 radical (unpaired) electrons. The molecule has 7 heteroatoms. The van der Waals surface area contributed by atoms with E-state index in [1.807, 2.05) is 30.3 Å². The number of rotatable bonds is 5. The van der Waals surface area contributed by atoms with Crippen LogP contribution in [0.25, 0.3) is 11.8 Å². The molecule has 7 nitrogen and oxygen atoms in total. The fourth-order valence-electron chi connectivity index (χ4n) is 3.14. The number of aromatic nitrogens is 1. The summed E-state index contributed by atoms with van der Waals surface area (Å²) in [5.41, 5.74) is 2.66. The lowest BCUT2D eigenvalue weighted by Crippen LogP contribution is -2.30. The van der Waals surface area contributed by atoms with Crippen LogP contribution in [-0.4, -0.2) is 32.5 Å². The lowest BCUT2D eigenvalue weighted by Gasteiger charge is -2.11. The van der Waals surface area contributed by atoms with Crippen LogP contribution in [0.3, 0.4) is 0 Å². The van der Waals surface area contributed by atoms with E-state index in [2.05, 4.69) is 5.32 Å². The Hall–Kier alpha value is -4.13. The SMILES string of the molecule is O=C(O)c1ccc(-n2cccc2/C=C2/NC(=O)N(Cc3ccccc3)C2=O)cc1. The van der Waals surface area contributed by atoms with Crippen LogP contribution in [0.5, 0.6) is 0 Å². The van der Waals surface area contributed by atoms with Gasteiger partial charge in [0.2, 0.25) is 0 Å². The molecule has 1 aromatic heterocycles. The van der Waals surface area contributed by atoms with Crippen molar-refractivity contribution in [1.29, 1.82) is 0 Å². The molecular formula is C22H17N3O4. The molecule has 1 aliphatic rings. The van der Waals surface area contributed by atoms with Gasteiger partial charge in [-0.3, -0.25) is 9.69 Å². The van der Waals surface area contributed by atoms with Crippen molar-refractivity contribution in [1.82, 2.24) is 14.8 Å². The number of nitrogens with zero attached hydrogens (tertiary/aromatic N) is 2. The standard InChI is InChI=1S/C22H17N3O4/c26-20-19(23-22(29)25(20)14-15-5-2-1-3-6-15)13-18-7-4-12-24(18)17-10-8-16(9-11-17)21(27)28/h1-13H,14H2,(H,23,29)(H,27,28)/b19-13+. The molecule has 29 heavy (non-hydrogen) atoms. The van der Waals surface area contributed by atoms with Gasteiger partial charge in [-0.1, -0.05) is 30.3 Å². The second-order valence-electron chi connectivity index (χ2n) is 6.52. The first kappa shape index (κ1) is 18.2. The van der Waals surface area contributed by atoms with E-state index in [0.717, 1.165) is 16.2 Å². The highest BCUT2D eigenvalue weighted by Crippen LogP contribution is 2.20. The van der Waals surface area contributed by atoms with Crippen LogP contribution in [-0.2, 0) is 11.3 Å². The number of hydrogen-bond acceptors (Lipinski definition) is 3. The number of benzene rings is 2. The molecule has 0 aliphatic carbocycles. The van der Waals surface area contributed by atoms with Crippen LogP contribution in [0.15, 0.2) is 78.6 Å². The average Bonchev–Trinajstić information content (AvgIpc) is 3.29. The van der Waals surface area contributed by atoms with E-state index in [4.69, 9.17) is 5.11 Å². The Balaban J connectivity index is 1.59. The summed E-state index contributed by atoms with van der Waals surface area (Å²) < 4.78 is 1.80. The largest absolute Gasteiger partial charge is 0.478 e. The summed E-state index contributed by atoms with van der Waals surface area (Å²) in [5, 5.41) is 11.7. The number of aromatic carboxylic acids is 1. The van der Waals surface area contributed by atoms with E-state index in [1.165, 1.54) is 12.1 Å². The maximum atomic E-state index is 12.7. The van der Waals surface area contributed by atoms with Crippen molar-refractivity contribution < 1.29 is 19.5 Å². The average molecular weight is 387 g/mol. The Morgan fingerprint density at radius 3 is 2.38 bits per heavy atom.